The van der Waals surface area contributed by atoms with Crippen LogP contribution in [0, 0.1) is 0 Å². The van der Waals surface area contributed by atoms with E-state index in [-0.39, 0.29) is 0 Å². The monoisotopic (exact) mass is 526 g/mol. The lowest BCUT2D eigenvalue weighted by molar-refractivity contribution is 1.13. The fourth-order valence-corrected chi connectivity index (χ4v) is 5.68. The van der Waals surface area contributed by atoms with E-state index >= 15 is 0 Å². The van der Waals surface area contributed by atoms with E-state index in [1.807, 2.05) is 6.92 Å². The zero-order valence-corrected chi connectivity index (χ0v) is 23.0. The minimum Gasteiger partial charge on any atom is -0.317 e. The fourth-order valence-electron chi connectivity index (χ4n) is 5.68. The van der Waals surface area contributed by atoms with Gasteiger partial charge in [-0.3, -0.25) is 0 Å². The van der Waals surface area contributed by atoms with Crippen LogP contribution >= 0.6 is 0 Å². The van der Waals surface area contributed by atoms with Crippen molar-refractivity contribution < 1.29 is 0 Å². The molecule has 0 bridgehead atoms. The molecule has 2 nitrogen and oxygen atoms in total. The standard InChI is InChI=1S/C39H30N2/c1-2-8-29-15-21-35(22-16-29)41(39-14-7-11-32-9-3-5-12-37(32)39)36-25-19-31(20-26-36)30-17-23-34(24-18-30)40-28-27-33-10-4-6-13-38(33)40/h2-28H,1H3. The van der Waals surface area contributed by atoms with Gasteiger partial charge < -0.3 is 9.47 Å². The van der Waals surface area contributed by atoms with Crippen LogP contribution in [0.1, 0.15) is 12.5 Å². The van der Waals surface area contributed by atoms with Crippen molar-refractivity contribution >= 4 is 44.8 Å². The lowest BCUT2D eigenvalue weighted by atomic mass is 10.0. The molecule has 6 aromatic carbocycles. The largest absolute Gasteiger partial charge is 0.317 e. The van der Waals surface area contributed by atoms with Gasteiger partial charge in [0.1, 0.15) is 0 Å². The van der Waals surface area contributed by atoms with Crippen LogP contribution in [-0.4, -0.2) is 4.57 Å². The highest BCUT2D eigenvalue weighted by molar-refractivity contribution is 5.99. The van der Waals surface area contributed by atoms with Crippen LogP contribution in [-0.2, 0) is 0 Å². The van der Waals surface area contributed by atoms with Gasteiger partial charge in [-0.1, -0.05) is 103 Å². The molecule has 0 radical (unpaired) electrons. The second kappa shape index (κ2) is 10.7. The lowest BCUT2D eigenvalue weighted by Crippen LogP contribution is -2.10. The minimum absolute atomic E-state index is 1.12. The second-order valence-electron chi connectivity index (χ2n) is 10.3. The molecule has 2 heteroatoms. The highest BCUT2D eigenvalue weighted by atomic mass is 15.1. The van der Waals surface area contributed by atoms with Crippen molar-refractivity contribution in [1.82, 2.24) is 4.57 Å². The summed E-state index contributed by atoms with van der Waals surface area (Å²) in [7, 11) is 0. The third kappa shape index (κ3) is 4.70. The van der Waals surface area contributed by atoms with E-state index in [0.717, 1.165) is 22.7 Å². The van der Waals surface area contributed by atoms with E-state index in [9.17, 15) is 0 Å². The zero-order chi connectivity index (χ0) is 27.6. The average molecular weight is 527 g/mol. The van der Waals surface area contributed by atoms with Gasteiger partial charge in [0.25, 0.3) is 0 Å². The number of benzene rings is 6. The Hall–Kier alpha value is -5.34. The molecule has 1 heterocycles. The smallest absolute Gasteiger partial charge is 0.0540 e. The van der Waals surface area contributed by atoms with Crippen LogP contribution in [0.5, 0.6) is 0 Å². The maximum absolute atomic E-state index is 2.35. The summed E-state index contributed by atoms with van der Waals surface area (Å²) in [5.74, 6) is 0. The number of nitrogens with zero attached hydrogens (tertiary/aromatic N) is 2. The van der Waals surface area contributed by atoms with E-state index in [1.165, 1.54) is 38.4 Å². The van der Waals surface area contributed by atoms with Gasteiger partial charge in [0.15, 0.2) is 0 Å². The summed E-state index contributed by atoms with van der Waals surface area (Å²) >= 11 is 0. The van der Waals surface area contributed by atoms with Crippen molar-refractivity contribution in [2.24, 2.45) is 0 Å². The summed E-state index contributed by atoms with van der Waals surface area (Å²) in [6.07, 6.45) is 6.34. The van der Waals surface area contributed by atoms with Crippen molar-refractivity contribution in [1.29, 1.82) is 0 Å². The van der Waals surface area contributed by atoms with Gasteiger partial charge in [0.2, 0.25) is 0 Å². The predicted molar refractivity (Wildman–Crippen MR) is 176 cm³/mol. The summed E-state index contributed by atoms with van der Waals surface area (Å²) in [5.41, 5.74) is 9.39. The van der Waals surface area contributed by atoms with Gasteiger partial charge >= 0.3 is 0 Å². The molecule has 0 N–H and O–H groups in total. The molecule has 0 aliphatic carbocycles. The molecule has 0 saturated heterocycles. The zero-order valence-electron chi connectivity index (χ0n) is 23.0. The maximum atomic E-state index is 2.35. The topological polar surface area (TPSA) is 8.17 Å². The normalized spacial score (nSPS) is 11.4. The Morgan fingerprint density at radius 3 is 1.88 bits per heavy atom. The van der Waals surface area contributed by atoms with E-state index in [4.69, 9.17) is 0 Å². The highest BCUT2D eigenvalue weighted by Crippen LogP contribution is 2.39. The van der Waals surface area contributed by atoms with Crippen LogP contribution in [0.25, 0.3) is 44.6 Å². The van der Waals surface area contributed by atoms with Gasteiger partial charge in [-0.15, -0.1) is 0 Å². The van der Waals surface area contributed by atoms with Gasteiger partial charge in [0.05, 0.1) is 11.2 Å². The molecule has 196 valence electrons. The van der Waals surface area contributed by atoms with Crippen molar-refractivity contribution in [2.75, 3.05) is 4.90 Å². The van der Waals surface area contributed by atoms with E-state index in [1.54, 1.807) is 0 Å². The Labute approximate surface area is 241 Å². The highest BCUT2D eigenvalue weighted by Gasteiger charge is 2.15. The van der Waals surface area contributed by atoms with Crippen LogP contribution in [0.3, 0.4) is 0 Å². The van der Waals surface area contributed by atoms with Crippen molar-refractivity contribution in [2.45, 2.75) is 6.92 Å². The van der Waals surface area contributed by atoms with Gasteiger partial charge in [-0.2, -0.15) is 0 Å². The Bertz CT molecular complexity index is 1970. The molecule has 0 saturated carbocycles. The lowest BCUT2D eigenvalue weighted by Gasteiger charge is -2.27. The van der Waals surface area contributed by atoms with Crippen molar-refractivity contribution in [3.8, 4) is 16.8 Å². The third-order valence-corrected chi connectivity index (χ3v) is 7.72. The van der Waals surface area contributed by atoms with Gasteiger partial charge in [-0.25, -0.2) is 0 Å². The Balaban J connectivity index is 1.25. The molecular weight excluding hydrogens is 496 g/mol. The number of para-hydroxylation sites is 1. The molecule has 41 heavy (non-hydrogen) atoms. The maximum Gasteiger partial charge on any atom is 0.0540 e. The molecule has 0 aliphatic rings. The Kier molecular flexibility index (Phi) is 6.42. The molecule has 7 aromatic rings. The van der Waals surface area contributed by atoms with E-state index in [2.05, 4.69) is 173 Å². The van der Waals surface area contributed by atoms with Crippen molar-refractivity contribution in [3.63, 3.8) is 0 Å². The van der Waals surface area contributed by atoms with Gasteiger partial charge in [0, 0.05) is 28.6 Å². The number of hydrogen-bond acceptors (Lipinski definition) is 1. The number of anilines is 3. The number of allylic oxidation sites excluding steroid dienone is 1. The van der Waals surface area contributed by atoms with Crippen LogP contribution in [0.4, 0.5) is 17.1 Å². The summed E-state index contributed by atoms with van der Waals surface area (Å²) < 4.78 is 2.24. The number of hydrogen-bond donors (Lipinski definition) is 0. The van der Waals surface area contributed by atoms with E-state index < -0.39 is 0 Å². The van der Waals surface area contributed by atoms with Crippen LogP contribution < -0.4 is 4.90 Å². The molecule has 7 rings (SSSR count). The first-order valence-electron chi connectivity index (χ1n) is 14.1. The molecule has 0 fully saturated rings. The molecule has 0 unspecified atom stereocenters. The van der Waals surface area contributed by atoms with Gasteiger partial charge in [-0.05, 0) is 89.0 Å². The Morgan fingerprint density at radius 2 is 1.15 bits per heavy atom. The number of rotatable bonds is 6. The minimum atomic E-state index is 1.12. The van der Waals surface area contributed by atoms with E-state index in [0.29, 0.717) is 0 Å². The first-order valence-corrected chi connectivity index (χ1v) is 14.1. The SMILES string of the molecule is CC=Cc1ccc(N(c2ccc(-c3ccc(-n4ccc5ccccc54)cc3)cc2)c2cccc3ccccc23)cc1. The first kappa shape index (κ1) is 24.7. The summed E-state index contributed by atoms with van der Waals surface area (Å²) in [5, 5.41) is 3.71. The van der Waals surface area contributed by atoms with Crippen LogP contribution in [0.2, 0.25) is 0 Å². The summed E-state index contributed by atoms with van der Waals surface area (Å²) in [6, 6.07) is 52.3. The number of aromatic nitrogens is 1. The summed E-state index contributed by atoms with van der Waals surface area (Å²) in [6.45, 7) is 2.05. The molecule has 0 spiro atoms. The second-order valence-corrected chi connectivity index (χ2v) is 10.3. The van der Waals surface area contributed by atoms with Crippen molar-refractivity contribution in [3.05, 3.63) is 163 Å². The first-order chi connectivity index (χ1) is 20.3. The van der Waals surface area contributed by atoms with Crippen LogP contribution in [0.15, 0.2) is 158 Å². The quantitative estimate of drug-likeness (QED) is 0.209. The number of fused-ring (bicyclic) bond motifs is 2. The summed E-state index contributed by atoms with van der Waals surface area (Å²) in [4.78, 5) is 2.35. The molecule has 0 atom stereocenters. The Morgan fingerprint density at radius 1 is 0.537 bits per heavy atom. The molecule has 0 amide bonds. The molecular formula is C39H30N2. The molecule has 0 aliphatic heterocycles. The molecule has 1 aromatic heterocycles. The average Bonchev–Trinajstić information content (AvgIpc) is 3.47. The third-order valence-electron chi connectivity index (χ3n) is 7.72. The predicted octanol–water partition coefficient (Wildman–Crippen LogP) is 11.0. The fraction of sp³-hybridized carbons (Fsp3) is 0.0256.